The van der Waals surface area contributed by atoms with Crippen molar-refractivity contribution in [1.82, 2.24) is 0 Å². The van der Waals surface area contributed by atoms with Crippen LogP contribution in [-0.2, 0) is 11.0 Å². The van der Waals surface area contributed by atoms with Crippen LogP contribution < -0.4 is 4.72 Å². The van der Waals surface area contributed by atoms with Gasteiger partial charge in [0.2, 0.25) is 0 Å². The molecule has 0 amide bonds. The Bertz CT molecular complexity index is 351. The number of benzene rings is 1. The summed E-state index contributed by atoms with van der Waals surface area (Å²) in [5.74, 6) is 1.23. The van der Waals surface area contributed by atoms with Crippen molar-refractivity contribution in [2.45, 2.75) is 25.7 Å². The van der Waals surface area contributed by atoms with Crippen LogP contribution in [0.3, 0.4) is 0 Å². The van der Waals surface area contributed by atoms with Crippen molar-refractivity contribution in [3.63, 3.8) is 0 Å². The summed E-state index contributed by atoms with van der Waals surface area (Å²) in [5, 5.41) is 0. The molecule has 0 saturated heterocycles. The van der Waals surface area contributed by atoms with E-state index < -0.39 is 11.0 Å². The van der Waals surface area contributed by atoms with Crippen molar-refractivity contribution < 1.29 is 4.21 Å². The lowest BCUT2D eigenvalue weighted by molar-refractivity contribution is 0.643. The summed E-state index contributed by atoms with van der Waals surface area (Å²) < 4.78 is 14.5. The molecule has 2 rings (SSSR count). The molecule has 0 aromatic heterocycles. The summed E-state index contributed by atoms with van der Waals surface area (Å²) >= 11 is 0. The van der Waals surface area contributed by atoms with Crippen LogP contribution in [0.5, 0.6) is 0 Å². The Morgan fingerprint density at radius 3 is 3.07 bits per heavy atom. The summed E-state index contributed by atoms with van der Waals surface area (Å²) in [6.45, 7) is 2.17. The third-order valence-electron chi connectivity index (χ3n) is 2.61. The summed E-state index contributed by atoms with van der Waals surface area (Å²) in [7, 11) is -0.883. The molecule has 0 radical (unpaired) electrons. The van der Waals surface area contributed by atoms with Crippen LogP contribution in [0.15, 0.2) is 24.3 Å². The number of fused-ring (bicyclic) bond motifs is 1. The maximum Gasteiger partial charge on any atom is 0.117 e. The summed E-state index contributed by atoms with van der Waals surface area (Å²) in [4.78, 5) is 0. The van der Waals surface area contributed by atoms with Gasteiger partial charge in [0.25, 0.3) is 0 Å². The van der Waals surface area contributed by atoms with Crippen LogP contribution in [0.2, 0.25) is 0 Å². The molecule has 1 aliphatic heterocycles. The SMILES string of the molecule is CCC[C@H]1CS(=O)Nc2ccccc21. The molecule has 0 fully saturated rings. The highest BCUT2D eigenvalue weighted by molar-refractivity contribution is 7.86. The zero-order valence-corrected chi connectivity index (χ0v) is 9.14. The molecule has 76 valence electrons. The van der Waals surface area contributed by atoms with Gasteiger partial charge >= 0.3 is 0 Å². The normalized spacial score (nSPS) is 25.2. The molecule has 1 aromatic carbocycles. The molecule has 1 N–H and O–H groups in total. The fraction of sp³-hybridized carbons (Fsp3) is 0.455. The number of nitrogens with one attached hydrogen (secondary N) is 1. The highest BCUT2D eigenvalue weighted by Gasteiger charge is 2.22. The second-order valence-electron chi connectivity index (χ2n) is 3.69. The summed E-state index contributed by atoms with van der Waals surface area (Å²) in [5.41, 5.74) is 2.38. The first kappa shape index (κ1) is 9.71. The van der Waals surface area contributed by atoms with Crippen LogP contribution in [0.1, 0.15) is 31.2 Å². The molecule has 1 heterocycles. The van der Waals surface area contributed by atoms with Crippen molar-refractivity contribution in [3.05, 3.63) is 29.8 Å². The van der Waals surface area contributed by atoms with E-state index in [1.807, 2.05) is 12.1 Å². The molecule has 0 spiro atoms. The second-order valence-corrected chi connectivity index (χ2v) is 4.92. The van der Waals surface area contributed by atoms with Crippen LogP contribution >= 0.6 is 0 Å². The molecule has 14 heavy (non-hydrogen) atoms. The van der Waals surface area contributed by atoms with Crippen LogP contribution in [0, 0.1) is 0 Å². The summed E-state index contributed by atoms with van der Waals surface area (Å²) in [6.07, 6.45) is 2.28. The quantitative estimate of drug-likeness (QED) is 0.797. The Balaban J connectivity index is 2.33. The molecule has 1 unspecified atom stereocenters. The average Bonchev–Trinajstić information content (AvgIpc) is 2.18. The van der Waals surface area contributed by atoms with Gasteiger partial charge in [0, 0.05) is 5.69 Å². The van der Waals surface area contributed by atoms with Crippen molar-refractivity contribution in [2.24, 2.45) is 0 Å². The van der Waals surface area contributed by atoms with Gasteiger partial charge in [-0.05, 0) is 24.0 Å². The minimum absolute atomic E-state index is 0.471. The van der Waals surface area contributed by atoms with E-state index in [2.05, 4.69) is 23.8 Å². The lowest BCUT2D eigenvalue weighted by Crippen LogP contribution is -2.22. The Hall–Kier alpha value is -0.830. The van der Waals surface area contributed by atoms with Gasteiger partial charge in [-0.2, -0.15) is 0 Å². The Morgan fingerprint density at radius 1 is 1.50 bits per heavy atom. The van der Waals surface area contributed by atoms with Gasteiger partial charge in [-0.25, -0.2) is 4.21 Å². The van der Waals surface area contributed by atoms with Gasteiger partial charge in [-0.15, -0.1) is 0 Å². The van der Waals surface area contributed by atoms with Gasteiger partial charge in [-0.1, -0.05) is 31.5 Å². The zero-order valence-electron chi connectivity index (χ0n) is 8.32. The van der Waals surface area contributed by atoms with E-state index in [0.717, 1.165) is 24.3 Å². The number of hydrogen-bond acceptors (Lipinski definition) is 1. The Morgan fingerprint density at radius 2 is 2.29 bits per heavy atom. The fourth-order valence-electron chi connectivity index (χ4n) is 1.97. The monoisotopic (exact) mass is 209 g/mol. The topological polar surface area (TPSA) is 29.1 Å². The molecule has 0 bridgehead atoms. The third-order valence-corrected chi connectivity index (χ3v) is 3.77. The van der Waals surface area contributed by atoms with Crippen LogP contribution in [0.4, 0.5) is 5.69 Å². The van der Waals surface area contributed by atoms with Gasteiger partial charge in [0.05, 0.1) is 5.75 Å². The standard InChI is InChI=1S/C11H15NOS/c1-2-5-9-8-14(13)12-11-7-4-3-6-10(9)11/h3-4,6-7,9,12H,2,5,8H2,1H3/t9-,14?/m0/s1. The van der Waals surface area contributed by atoms with Gasteiger partial charge in [-0.3, -0.25) is 0 Å². The highest BCUT2D eigenvalue weighted by atomic mass is 32.2. The molecule has 0 aliphatic carbocycles. The van der Waals surface area contributed by atoms with Gasteiger partial charge in [0.1, 0.15) is 11.0 Å². The maximum atomic E-state index is 11.5. The van der Waals surface area contributed by atoms with E-state index in [-0.39, 0.29) is 0 Å². The first-order chi connectivity index (χ1) is 6.81. The van der Waals surface area contributed by atoms with E-state index in [9.17, 15) is 4.21 Å². The molecule has 2 atom stereocenters. The van der Waals surface area contributed by atoms with Crippen molar-refractivity contribution in [3.8, 4) is 0 Å². The second kappa shape index (κ2) is 4.13. The zero-order chi connectivity index (χ0) is 9.97. The van der Waals surface area contributed by atoms with E-state index >= 15 is 0 Å². The number of para-hydroxylation sites is 1. The lowest BCUT2D eigenvalue weighted by Gasteiger charge is -2.25. The maximum absolute atomic E-state index is 11.5. The minimum Gasteiger partial charge on any atom is -0.305 e. The average molecular weight is 209 g/mol. The molecule has 1 aliphatic rings. The van der Waals surface area contributed by atoms with E-state index in [4.69, 9.17) is 0 Å². The third kappa shape index (κ3) is 1.82. The Kier molecular flexibility index (Phi) is 2.87. The first-order valence-corrected chi connectivity index (χ1v) is 6.37. The van der Waals surface area contributed by atoms with E-state index in [1.165, 1.54) is 5.56 Å². The lowest BCUT2D eigenvalue weighted by atomic mass is 9.95. The smallest absolute Gasteiger partial charge is 0.117 e. The van der Waals surface area contributed by atoms with E-state index in [1.54, 1.807) is 0 Å². The predicted octanol–water partition coefficient (Wildman–Crippen LogP) is 2.66. The van der Waals surface area contributed by atoms with Gasteiger partial charge < -0.3 is 4.72 Å². The predicted molar refractivity (Wildman–Crippen MR) is 60.7 cm³/mol. The first-order valence-electron chi connectivity index (χ1n) is 5.05. The molecular formula is C11H15NOS. The number of anilines is 1. The van der Waals surface area contributed by atoms with Crippen molar-refractivity contribution in [1.29, 1.82) is 0 Å². The van der Waals surface area contributed by atoms with Gasteiger partial charge in [0.15, 0.2) is 0 Å². The van der Waals surface area contributed by atoms with Crippen molar-refractivity contribution >= 4 is 16.7 Å². The van der Waals surface area contributed by atoms with Crippen LogP contribution in [0.25, 0.3) is 0 Å². The molecular weight excluding hydrogens is 194 g/mol. The van der Waals surface area contributed by atoms with E-state index in [0.29, 0.717) is 5.92 Å². The molecule has 0 saturated carbocycles. The van der Waals surface area contributed by atoms with Crippen molar-refractivity contribution in [2.75, 3.05) is 10.5 Å². The number of rotatable bonds is 2. The van der Waals surface area contributed by atoms with Crippen LogP contribution in [-0.4, -0.2) is 9.96 Å². The molecule has 1 aromatic rings. The molecule has 2 nitrogen and oxygen atoms in total. The summed E-state index contributed by atoms with van der Waals surface area (Å²) in [6, 6.07) is 8.18. The molecule has 3 heteroatoms. The minimum atomic E-state index is -0.883. The fourth-order valence-corrected chi connectivity index (χ4v) is 3.20. The number of hydrogen-bond donors (Lipinski definition) is 1. The largest absolute Gasteiger partial charge is 0.305 e. The Labute approximate surface area is 87.3 Å². The highest BCUT2D eigenvalue weighted by Crippen LogP contribution is 2.32.